The summed E-state index contributed by atoms with van der Waals surface area (Å²) in [6, 6.07) is 34.9. The maximum absolute atomic E-state index is 12.6. The zero-order valence-electron chi connectivity index (χ0n) is 51.5. The molecule has 0 aromatic heterocycles. The number of hydrogen-bond acceptors (Lipinski definition) is 16. The number of allylic oxidation sites excluding steroid dienone is 7. The molecule has 8 bridgehead atoms. The van der Waals surface area contributed by atoms with Gasteiger partial charge in [0.15, 0.2) is 0 Å². The Morgan fingerprint density at radius 3 is 1.28 bits per heavy atom. The molecule has 5 aliphatic rings. The fraction of sp³-hybridized carbons (Fsp3) is 0.412. The minimum atomic E-state index is -4.38. The van der Waals surface area contributed by atoms with Gasteiger partial charge in [0, 0.05) is 18.2 Å². The first-order valence-corrected chi connectivity index (χ1v) is 37.8. The summed E-state index contributed by atoms with van der Waals surface area (Å²) in [5.41, 5.74) is 11.1. The van der Waals surface area contributed by atoms with Crippen molar-refractivity contribution in [1.82, 2.24) is 10.3 Å². The summed E-state index contributed by atoms with van der Waals surface area (Å²) in [6.07, 6.45) is 22.9. The van der Waals surface area contributed by atoms with Crippen LogP contribution in [0.5, 0.6) is 0 Å². The molecule has 92 heavy (non-hydrogen) atoms. The molecule has 0 aliphatic carbocycles. The maximum atomic E-state index is 12.6. The van der Waals surface area contributed by atoms with Crippen molar-refractivity contribution in [2.75, 3.05) is 6.54 Å². The van der Waals surface area contributed by atoms with Crippen molar-refractivity contribution in [2.45, 2.75) is 169 Å². The first-order valence-electron chi connectivity index (χ1n) is 31.8. The van der Waals surface area contributed by atoms with Crippen LogP contribution in [0.1, 0.15) is 191 Å². The van der Waals surface area contributed by atoms with Gasteiger partial charge in [-0.25, -0.2) is 20.0 Å². The lowest BCUT2D eigenvalue weighted by Crippen LogP contribution is -2.28. The Balaban J connectivity index is 0.996. The summed E-state index contributed by atoms with van der Waals surface area (Å²) >= 11 is 0. The monoisotopic (exact) mass is 1330 g/mol. The van der Waals surface area contributed by atoms with Crippen LogP contribution in [-0.4, -0.2) is 98.1 Å². The molecule has 4 atom stereocenters. The van der Waals surface area contributed by atoms with Gasteiger partial charge in [-0.3, -0.25) is 28.5 Å². The minimum absolute atomic E-state index is 0.173. The van der Waals surface area contributed by atoms with Crippen molar-refractivity contribution in [2.24, 2.45) is 30.1 Å². The molecule has 4 aromatic rings. The average Bonchev–Trinajstić information content (AvgIpc) is 1.76. The van der Waals surface area contributed by atoms with Crippen LogP contribution in [0.25, 0.3) is 0 Å². The van der Waals surface area contributed by atoms with Crippen LogP contribution in [0.2, 0.25) is 0 Å². The summed E-state index contributed by atoms with van der Waals surface area (Å²) in [7, 11) is -17.4. The fourth-order valence-corrected chi connectivity index (χ4v) is 16.3. The summed E-state index contributed by atoms with van der Waals surface area (Å²) in [5, 5.41) is 0.531. The van der Waals surface area contributed by atoms with Crippen molar-refractivity contribution in [1.29, 1.82) is 0 Å². The first-order chi connectivity index (χ1) is 44.2. The number of aliphatic imine (C=N–C) groups is 5. The van der Waals surface area contributed by atoms with E-state index in [1.807, 2.05) is 29.2 Å². The second-order valence-electron chi connectivity index (χ2n) is 23.8. The van der Waals surface area contributed by atoms with Gasteiger partial charge in [0.25, 0.3) is 52.4 Å². The Kier molecular flexibility index (Phi) is 24.5. The van der Waals surface area contributed by atoms with Gasteiger partial charge >= 0.3 is 0 Å². The van der Waals surface area contributed by atoms with Crippen molar-refractivity contribution < 1.29 is 51.9 Å². The SMILES string of the molecule is O=S(=O)(O)C(CCCCCCC1=CC2=NC1=C(CCCCCCC(c1ccccc1)S(=O)(=O)O)C1=NC(=NC3=NNC(=CC4=NC(=C2)C=C4)N3CCCCCCC(c2ccccc2)S(=O)(=O)O)N=C1CCCCCCC(c1ccccc1)S(=O)(=O)O)c1ccccc1. The van der Waals surface area contributed by atoms with Crippen molar-refractivity contribution in [3.05, 3.63) is 202 Å². The number of benzene rings is 4. The molecule has 24 heteroatoms. The molecule has 0 spiro atoms. The molecule has 4 unspecified atom stereocenters. The van der Waals surface area contributed by atoms with Crippen LogP contribution in [0.3, 0.4) is 0 Å². The number of guanidine groups is 2. The lowest BCUT2D eigenvalue weighted by molar-refractivity contribution is 0.451. The maximum Gasteiger partial charge on any atom is 0.271 e. The van der Waals surface area contributed by atoms with Gasteiger partial charge in [0.1, 0.15) is 26.8 Å². The summed E-state index contributed by atoms with van der Waals surface area (Å²) in [5.74, 6) is 1.11. The van der Waals surface area contributed by atoms with Crippen LogP contribution in [0.15, 0.2) is 210 Å². The molecule has 5 heterocycles. The second kappa shape index (κ2) is 32.6. The predicted octanol–water partition coefficient (Wildman–Crippen LogP) is 14.3. The zero-order chi connectivity index (χ0) is 65.1. The first kappa shape index (κ1) is 69.2. The molecular weight excluding hydrogens is 1250 g/mol. The predicted molar refractivity (Wildman–Crippen MR) is 364 cm³/mol. The highest BCUT2D eigenvalue weighted by Crippen LogP contribution is 2.36. The van der Waals surface area contributed by atoms with E-state index in [1.54, 1.807) is 121 Å². The standard InChI is InChI=1S/C68H82N8O12S4/c77-89(78,79)60(50-29-14-9-15-30-50)40-24-4-1-13-37-54-47-57-48-55-44-45-56(69-55)49-64-74-75-68(76(64)46-28-8-7-27-43-63(92(86,87)88)53-35-20-12-21-36-53)73-67-71-59(39-23-3-6-26-42-62(91(83,84)85)52-33-18-11-19-34-52)66(72-67)58(65(54)70-57)38-22-2-5-25-41-61(90(80,81)82)51-31-16-10-17-32-51/h9-12,14-21,29-36,44-45,47-49,60-63,74H,1-8,13,22-28,37-43,46H2,(H,77,78,79)(H,80,81,82)(H,83,84,85)(H,86,87,88). The molecule has 0 saturated carbocycles. The summed E-state index contributed by atoms with van der Waals surface area (Å²) < 4.78 is 141. The Morgan fingerprint density at radius 1 is 0.402 bits per heavy atom. The van der Waals surface area contributed by atoms with Crippen molar-refractivity contribution in [3.63, 3.8) is 0 Å². The Hall–Kier alpha value is -7.16. The normalized spacial score (nSPS) is 17.2. The molecule has 0 radical (unpaired) electrons. The van der Waals surface area contributed by atoms with Gasteiger partial charge < -0.3 is 0 Å². The van der Waals surface area contributed by atoms with E-state index >= 15 is 0 Å². The summed E-state index contributed by atoms with van der Waals surface area (Å²) in [6.45, 7) is 0.467. The Labute approximate surface area is 541 Å². The van der Waals surface area contributed by atoms with E-state index < -0.39 is 61.5 Å². The smallest absolute Gasteiger partial charge is 0.271 e. The molecule has 0 saturated heterocycles. The highest BCUT2D eigenvalue weighted by Gasteiger charge is 2.32. The molecule has 0 fully saturated rings. The second-order valence-corrected chi connectivity index (χ2v) is 30.2. The van der Waals surface area contributed by atoms with Crippen LogP contribution >= 0.6 is 0 Å². The van der Waals surface area contributed by atoms with Crippen LogP contribution < -0.4 is 5.43 Å². The van der Waals surface area contributed by atoms with Crippen molar-refractivity contribution >= 4 is 75.2 Å². The topological polar surface area (TPSA) is 307 Å². The molecule has 0 amide bonds. The fourth-order valence-electron chi connectivity index (χ4n) is 12.4. The Bertz CT molecular complexity index is 4060. The van der Waals surface area contributed by atoms with E-state index in [4.69, 9.17) is 30.1 Å². The minimum Gasteiger partial charge on any atom is -0.294 e. The number of unbranched alkanes of at least 4 members (excludes halogenated alkanes) is 12. The molecule has 20 nitrogen and oxygen atoms in total. The zero-order valence-corrected chi connectivity index (χ0v) is 54.8. The van der Waals surface area contributed by atoms with Crippen LogP contribution in [-0.2, 0) is 40.5 Å². The number of hydrogen-bond donors (Lipinski definition) is 5. The molecule has 5 N–H and O–H groups in total. The van der Waals surface area contributed by atoms with Gasteiger partial charge in [0.2, 0.25) is 0 Å². The third-order valence-corrected chi connectivity index (χ3v) is 22.0. The summed E-state index contributed by atoms with van der Waals surface area (Å²) in [4.78, 5) is 27.7. The quantitative estimate of drug-likeness (QED) is 0.0209. The molecule has 4 aromatic carbocycles. The van der Waals surface area contributed by atoms with Crippen LogP contribution in [0.4, 0.5) is 0 Å². The molecular formula is C68H82N8O12S4. The van der Waals surface area contributed by atoms with Gasteiger partial charge in [-0.1, -0.05) is 198 Å². The lowest BCUT2D eigenvalue weighted by atomic mass is 9.91. The largest absolute Gasteiger partial charge is 0.294 e. The third-order valence-electron chi connectivity index (χ3n) is 17.1. The molecule has 5 aliphatic heterocycles. The lowest BCUT2D eigenvalue weighted by Gasteiger charge is -2.19. The van der Waals surface area contributed by atoms with Gasteiger partial charge in [-0.2, -0.15) is 38.7 Å². The molecule has 490 valence electrons. The Morgan fingerprint density at radius 2 is 0.826 bits per heavy atom. The highest BCUT2D eigenvalue weighted by molar-refractivity contribution is 7.86. The van der Waals surface area contributed by atoms with E-state index in [0.29, 0.717) is 172 Å². The van der Waals surface area contributed by atoms with E-state index in [9.17, 15) is 51.9 Å². The average molecular weight is 1330 g/mol. The van der Waals surface area contributed by atoms with Crippen LogP contribution in [0, 0.1) is 0 Å². The van der Waals surface area contributed by atoms with E-state index in [1.165, 1.54) is 0 Å². The number of rotatable bonds is 36. The van der Waals surface area contributed by atoms with Gasteiger partial charge in [-0.05, 0) is 123 Å². The number of fused-ring (bicyclic) bond motifs is 5. The van der Waals surface area contributed by atoms with Gasteiger partial charge in [0.05, 0.1) is 34.2 Å². The molecule has 9 rings (SSSR count). The van der Waals surface area contributed by atoms with E-state index in [0.717, 1.165) is 36.1 Å². The number of hydrazone groups is 1. The van der Waals surface area contributed by atoms with Crippen molar-refractivity contribution in [3.8, 4) is 0 Å². The van der Waals surface area contributed by atoms with E-state index in [-0.39, 0.29) is 31.6 Å². The highest BCUT2D eigenvalue weighted by atomic mass is 32.2. The number of nitrogens with one attached hydrogen (secondary N) is 1. The van der Waals surface area contributed by atoms with E-state index in [2.05, 4.69) is 11.5 Å². The third kappa shape index (κ3) is 19.9. The van der Waals surface area contributed by atoms with Gasteiger partial charge in [-0.15, -0.1) is 5.10 Å². The number of nitrogens with zero attached hydrogens (tertiary/aromatic N) is 7.